The van der Waals surface area contributed by atoms with Crippen LogP contribution in [0.3, 0.4) is 0 Å². The molecule has 2 aromatic rings. The average molecular weight is 314 g/mol. The van der Waals surface area contributed by atoms with Gasteiger partial charge in [-0.3, -0.25) is 0 Å². The van der Waals surface area contributed by atoms with Gasteiger partial charge in [-0.05, 0) is 0 Å². The summed E-state index contributed by atoms with van der Waals surface area (Å²) in [5.74, 6) is 0. The van der Waals surface area contributed by atoms with Crippen LogP contribution in [0.1, 0.15) is 0 Å². The highest BCUT2D eigenvalue weighted by Crippen LogP contribution is 2.45. The monoisotopic (exact) mass is 314 g/mol. The van der Waals surface area contributed by atoms with E-state index < -0.39 is 25.6 Å². The van der Waals surface area contributed by atoms with E-state index in [2.05, 4.69) is 0 Å². The van der Waals surface area contributed by atoms with Crippen LogP contribution in [0.25, 0.3) is 0 Å². The van der Waals surface area contributed by atoms with Gasteiger partial charge in [0, 0.05) is 16.8 Å². The Hall–Kier alpha value is -1.58. The third kappa shape index (κ3) is 3.55. The molecular formula is C15H14F3O2P. The summed E-state index contributed by atoms with van der Waals surface area (Å²) in [5.41, 5.74) is 0. The van der Waals surface area contributed by atoms with Crippen LogP contribution in [0.2, 0.25) is 0 Å². The third-order valence-corrected chi connectivity index (χ3v) is 6.28. The molecule has 0 saturated carbocycles. The molecule has 2 rings (SSSR count). The summed E-state index contributed by atoms with van der Waals surface area (Å²) in [6.07, 6.45) is -8.27. The minimum absolute atomic E-state index is 0.305. The predicted octanol–water partition coefficient (Wildman–Crippen LogP) is 2.92. The summed E-state index contributed by atoms with van der Waals surface area (Å²) in [6, 6.07) is 15.9. The van der Waals surface area contributed by atoms with Gasteiger partial charge in [-0.2, -0.15) is 13.2 Å². The Kier molecular flexibility index (Phi) is 4.55. The van der Waals surface area contributed by atoms with Crippen LogP contribution in [0.15, 0.2) is 60.7 Å². The fourth-order valence-electron chi connectivity index (χ4n) is 2.04. The van der Waals surface area contributed by atoms with E-state index in [1.807, 2.05) is 0 Å². The van der Waals surface area contributed by atoms with Crippen molar-refractivity contribution >= 4 is 17.8 Å². The molecule has 2 nitrogen and oxygen atoms in total. The van der Waals surface area contributed by atoms with Crippen molar-refractivity contribution in [3.63, 3.8) is 0 Å². The summed E-state index contributed by atoms with van der Waals surface area (Å²) in [5, 5.41) is 9.96. The molecule has 0 aliphatic heterocycles. The van der Waals surface area contributed by atoms with Crippen LogP contribution in [0.5, 0.6) is 0 Å². The van der Waals surface area contributed by atoms with Crippen LogP contribution in [0, 0.1) is 0 Å². The third-order valence-electron chi connectivity index (χ3n) is 3.15. The van der Waals surface area contributed by atoms with Crippen molar-refractivity contribution in [2.24, 2.45) is 0 Å². The number of halogens is 3. The molecule has 0 heterocycles. The molecule has 1 N–H and O–H groups in total. The first kappa shape index (κ1) is 15.8. The van der Waals surface area contributed by atoms with Crippen molar-refractivity contribution in [2.45, 2.75) is 12.3 Å². The molecule has 1 atom stereocenters. The Morgan fingerprint density at radius 2 is 1.29 bits per heavy atom. The molecule has 0 radical (unpaired) electrons. The van der Waals surface area contributed by atoms with Crippen molar-refractivity contribution in [3.05, 3.63) is 60.7 Å². The van der Waals surface area contributed by atoms with Gasteiger partial charge in [0.25, 0.3) is 0 Å². The largest absolute Gasteiger partial charge is 0.414 e. The van der Waals surface area contributed by atoms with Crippen LogP contribution in [-0.4, -0.2) is 23.5 Å². The predicted molar refractivity (Wildman–Crippen MR) is 76.7 cm³/mol. The van der Waals surface area contributed by atoms with Crippen LogP contribution in [-0.2, 0) is 4.57 Å². The summed E-state index contributed by atoms with van der Waals surface area (Å²) in [4.78, 5) is 0. The van der Waals surface area contributed by atoms with Gasteiger partial charge in [-0.1, -0.05) is 60.7 Å². The fraction of sp³-hybridized carbons (Fsp3) is 0.200. The lowest BCUT2D eigenvalue weighted by Crippen LogP contribution is -2.35. The average Bonchev–Trinajstić information content (AvgIpc) is 2.48. The van der Waals surface area contributed by atoms with Crippen molar-refractivity contribution < 1.29 is 22.8 Å². The SMILES string of the molecule is O=P(C[C@H](O)C(F)(F)F)(c1ccccc1)c1ccccc1. The number of hydrogen-bond donors (Lipinski definition) is 1. The maximum absolute atomic E-state index is 13.2. The standard InChI is InChI=1S/C15H14F3O2P/c16-15(17,18)14(19)11-21(20,12-7-3-1-4-8-12)13-9-5-2-6-10-13/h1-10,14,19H,11H2/t14-/m0/s1. The smallest absolute Gasteiger partial charge is 0.383 e. The lowest BCUT2D eigenvalue weighted by molar-refractivity contribution is -0.196. The van der Waals surface area contributed by atoms with Crippen molar-refractivity contribution in [1.29, 1.82) is 0 Å². The molecular weight excluding hydrogens is 300 g/mol. The second-order valence-corrected chi connectivity index (χ2v) is 7.53. The highest BCUT2D eigenvalue weighted by Gasteiger charge is 2.43. The van der Waals surface area contributed by atoms with E-state index in [0.29, 0.717) is 10.6 Å². The van der Waals surface area contributed by atoms with E-state index >= 15 is 0 Å². The Balaban J connectivity index is 2.48. The molecule has 0 aliphatic carbocycles. The van der Waals surface area contributed by atoms with Gasteiger partial charge in [0.2, 0.25) is 0 Å². The number of hydrogen-bond acceptors (Lipinski definition) is 2. The second-order valence-electron chi connectivity index (χ2n) is 4.65. The maximum atomic E-state index is 13.2. The van der Waals surface area contributed by atoms with Gasteiger partial charge in [0.05, 0.1) is 0 Å². The molecule has 0 fully saturated rings. The van der Waals surface area contributed by atoms with E-state index in [1.54, 1.807) is 36.4 Å². The van der Waals surface area contributed by atoms with Crippen molar-refractivity contribution in [2.75, 3.05) is 6.16 Å². The normalized spacial score (nSPS) is 13.9. The second kappa shape index (κ2) is 6.04. The Morgan fingerprint density at radius 1 is 0.905 bits per heavy atom. The molecule has 0 aromatic heterocycles. The molecule has 2 aromatic carbocycles. The van der Waals surface area contributed by atoms with Crippen LogP contribution < -0.4 is 10.6 Å². The topological polar surface area (TPSA) is 37.3 Å². The number of alkyl halides is 3. The van der Waals surface area contributed by atoms with Gasteiger partial charge in [-0.15, -0.1) is 0 Å². The van der Waals surface area contributed by atoms with E-state index in [9.17, 15) is 22.8 Å². The van der Waals surface area contributed by atoms with E-state index in [-0.39, 0.29) is 0 Å². The number of aliphatic hydroxyl groups is 1. The quantitative estimate of drug-likeness (QED) is 0.881. The van der Waals surface area contributed by atoms with E-state index in [0.717, 1.165) is 0 Å². The van der Waals surface area contributed by atoms with E-state index in [1.165, 1.54) is 24.3 Å². The first-order valence-electron chi connectivity index (χ1n) is 6.29. The van der Waals surface area contributed by atoms with Gasteiger partial charge < -0.3 is 9.67 Å². The molecule has 0 saturated heterocycles. The molecule has 6 heteroatoms. The summed E-state index contributed by atoms with van der Waals surface area (Å²) in [7, 11) is -3.55. The minimum Gasteiger partial charge on any atom is -0.383 e. The lowest BCUT2D eigenvalue weighted by atomic mass is 10.4. The zero-order valence-electron chi connectivity index (χ0n) is 11.0. The van der Waals surface area contributed by atoms with Crippen molar-refractivity contribution in [3.8, 4) is 0 Å². The van der Waals surface area contributed by atoms with Gasteiger partial charge in [0.15, 0.2) is 6.10 Å². The van der Waals surface area contributed by atoms with Crippen molar-refractivity contribution in [1.82, 2.24) is 0 Å². The Morgan fingerprint density at radius 3 is 1.62 bits per heavy atom. The summed E-state index contributed by atoms with van der Waals surface area (Å²) in [6.45, 7) is 0. The molecule has 0 spiro atoms. The van der Waals surface area contributed by atoms with Gasteiger partial charge in [-0.25, -0.2) is 0 Å². The highest BCUT2D eigenvalue weighted by atomic mass is 31.2. The molecule has 0 amide bonds. The molecule has 0 unspecified atom stereocenters. The molecule has 0 aliphatic rings. The fourth-order valence-corrected chi connectivity index (χ4v) is 4.77. The number of rotatable bonds is 4. The minimum atomic E-state index is -4.79. The molecule has 112 valence electrons. The molecule has 0 bridgehead atoms. The first-order valence-corrected chi connectivity index (χ1v) is 8.18. The summed E-state index contributed by atoms with van der Waals surface area (Å²) < 4.78 is 51.1. The van der Waals surface area contributed by atoms with Crippen LogP contribution >= 0.6 is 7.14 Å². The highest BCUT2D eigenvalue weighted by molar-refractivity contribution is 7.78. The zero-order chi connectivity index (χ0) is 15.5. The zero-order valence-corrected chi connectivity index (χ0v) is 11.9. The van der Waals surface area contributed by atoms with Crippen LogP contribution in [0.4, 0.5) is 13.2 Å². The number of benzene rings is 2. The molecule has 21 heavy (non-hydrogen) atoms. The van der Waals surface area contributed by atoms with E-state index in [4.69, 9.17) is 0 Å². The Labute approximate surface area is 120 Å². The van der Waals surface area contributed by atoms with Gasteiger partial charge >= 0.3 is 6.18 Å². The first-order chi connectivity index (χ1) is 9.84. The van der Waals surface area contributed by atoms with Gasteiger partial charge in [0.1, 0.15) is 7.14 Å². The lowest BCUT2D eigenvalue weighted by Gasteiger charge is -2.23. The Bertz CT molecular complexity index is 583. The summed E-state index contributed by atoms with van der Waals surface area (Å²) >= 11 is 0. The maximum Gasteiger partial charge on any atom is 0.414 e. The number of aliphatic hydroxyl groups excluding tert-OH is 1.